The summed E-state index contributed by atoms with van der Waals surface area (Å²) in [4.78, 5) is 12.0. The van der Waals surface area contributed by atoms with E-state index in [2.05, 4.69) is 17.6 Å². The first-order chi connectivity index (χ1) is 8.25. The van der Waals surface area contributed by atoms with Crippen LogP contribution in [0, 0.1) is 5.92 Å². The van der Waals surface area contributed by atoms with Crippen molar-refractivity contribution < 1.29 is 4.79 Å². The molecule has 3 unspecified atom stereocenters. The van der Waals surface area contributed by atoms with Crippen molar-refractivity contribution in [1.29, 1.82) is 0 Å². The minimum absolute atomic E-state index is 0.253. The highest BCUT2D eigenvalue weighted by Gasteiger charge is 2.23. The molecule has 0 aromatic rings. The van der Waals surface area contributed by atoms with Crippen LogP contribution in [0.4, 0.5) is 0 Å². The summed E-state index contributed by atoms with van der Waals surface area (Å²) in [5.41, 5.74) is 0. The topological polar surface area (TPSA) is 41.1 Å². The van der Waals surface area contributed by atoms with E-state index < -0.39 is 0 Å². The molecule has 1 aliphatic heterocycles. The Hall–Kier alpha value is -0.570. The van der Waals surface area contributed by atoms with Gasteiger partial charge in [-0.05, 0) is 38.1 Å². The van der Waals surface area contributed by atoms with Gasteiger partial charge in [-0.1, -0.05) is 26.2 Å². The van der Waals surface area contributed by atoms with Crippen molar-refractivity contribution in [2.24, 2.45) is 5.92 Å². The van der Waals surface area contributed by atoms with Crippen molar-refractivity contribution in [1.82, 2.24) is 10.6 Å². The molecule has 0 aromatic heterocycles. The lowest BCUT2D eigenvalue weighted by molar-refractivity contribution is -0.122. The summed E-state index contributed by atoms with van der Waals surface area (Å²) in [6.07, 6.45) is 9.43. The molecule has 0 spiro atoms. The van der Waals surface area contributed by atoms with E-state index in [0.717, 1.165) is 13.0 Å². The van der Waals surface area contributed by atoms with Gasteiger partial charge in [-0.3, -0.25) is 4.79 Å². The van der Waals surface area contributed by atoms with Crippen molar-refractivity contribution in [3.63, 3.8) is 0 Å². The van der Waals surface area contributed by atoms with Gasteiger partial charge in [-0.2, -0.15) is 0 Å². The van der Waals surface area contributed by atoms with Crippen LogP contribution in [0.15, 0.2) is 0 Å². The largest absolute Gasteiger partial charge is 0.353 e. The third-order valence-corrected chi connectivity index (χ3v) is 4.30. The molecule has 1 aliphatic carbocycles. The normalized spacial score (nSPS) is 34.3. The number of rotatable bonds is 3. The third kappa shape index (κ3) is 3.98. The number of nitrogens with one attached hydrogen (secondary N) is 2. The summed E-state index contributed by atoms with van der Waals surface area (Å²) in [7, 11) is 0. The molecule has 1 heterocycles. The van der Waals surface area contributed by atoms with Gasteiger partial charge in [0.05, 0.1) is 0 Å². The van der Waals surface area contributed by atoms with Crippen LogP contribution in [-0.2, 0) is 4.79 Å². The molecule has 98 valence electrons. The fourth-order valence-corrected chi connectivity index (χ4v) is 3.13. The minimum atomic E-state index is 0.253. The molecule has 1 saturated heterocycles. The molecule has 17 heavy (non-hydrogen) atoms. The molecular formula is C14H26N2O. The highest BCUT2D eigenvalue weighted by Crippen LogP contribution is 2.23. The Morgan fingerprint density at radius 1 is 1.18 bits per heavy atom. The first kappa shape index (κ1) is 12.9. The fourth-order valence-electron chi connectivity index (χ4n) is 3.13. The van der Waals surface area contributed by atoms with E-state index in [-0.39, 0.29) is 5.91 Å². The second-order valence-corrected chi connectivity index (χ2v) is 5.79. The maximum Gasteiger partial charge on any atom is 0.221 e. The van der Waals surface area contributed by atoms with Crippen LogP contribution in [0.1, 0.15) is 58.3 Å². The first-order valence-corrected chi connectivity index (χ1v) is 7.28. The van der Waals surface area contributed by atoms with Gasteiger partial charge in [0.1, 0.15) is 0 Å². The van der Waals surface area contributed by atoms with Crippen LogP contribution in [0.5, 0.6) is 0 Å². The molecule has 2 N–H and O–H groups in total. The van der Waals surface area contributed by atoms with Gasteiger partial charge in [0, 0.05) is 18.5 Å². The Balaban J connectivity index is 1.75. The summed E-state index contributed by atoms with van der Waals surface area (Å²) in [6.45, 7) is 3.36. The predicted octanol–water partition coefficient (Wildman–Crippen LogP) is 2.21. The van der Waals surface area contributed by atoms with Gasteiger partial charge >= 0.3 is 0 Å². The lowest BCUT2D eigenvalue weighted by Gasteiger charge is -2.23. The Bertz CT molecular complexity index is 249. The average molecular weight is 238 g/mol. The van der Waals surface area contributed by atoms with E-state index in [1.807, 2.05) is 0 Å². The third-order valence-electron chi connectivity index (χ3n) is 4.30. The molecule has 0 bridgehead atoms. The molecule has 3 heteroatoms. The van der Waals surface area contributed by atoms with E-state index in [4.69, 9.17) is 0 Å². The minimum Gasteiger partial charge on any atom is -0.353 e. The van der Waals surface area contributed by atoms with E-state index >= 15 is 0 Å². The van der Waals surface area contributed by atoms with Crippen molar-refractivity contribution in [3.8, 4) is 0 Å². The van der Waals surface area contributed by atoms with Gasteiger partial charge in [-0.15, -0.1) is 0 Å². The summed E-state index contributed by atoms with van der Waals surface area (Å²) in [5.74, 6) is 0.904. The molecule has 2 rings (SSSR count). The number of hydrogen-bond acceptors (Lipinski definition) is 2. The Kier molecular flexibility index (Phi) is 4.84. The van der Waals surface area contributed by atoms with Crippen LogP contribution in [0.2, 0.25) is 0 Å². The average Bonchev–Trinajstić information content (AvgIpc) is 2.71. The SMILES string of the molecule is CC1CCCCCC1NC(=O)CC1CCCN1. The highest BCUT2D eigenvalue weighted by molar-refractivity contribution is 5.77. The molecule has 2 aliphatic rings. The number of amides is 1. The lowest BCUT2D eigenvalue weighted by atomic mass is 9.96. The predicted molar refractivity (Wildman–Crippen MR) is 69.8 cm³/mol. The monoisotopic (exact) mass is 238 g/mol. The van der Waals surface area contributed by atoms with Crippen LogP contribution in [0.25, 0.3) is 0 Å². The molecule has 2 fully saturated rings. The molecule has 3 nitrogen and oxygen atoms in total. The smallest absolute Gasteiger partial charge is 0.221 e. The standard InChI is InChI=1S/C14H26N2O/c1-11-6-3-2-4-8-13(11)16-14(17)10-12-7-5-9-15-12/h11-13,15H,2-10H2,1H3,(H,16,17). The van der Waals surface area contributed by atoms with Gasteiger partial charge in [-0.25, -0.2) is 0 Å². The molecule has 0 radical (unpaired) electrons. The second kappa shape index (κ2) is 6.39. The Morgan fingerprint density at radius 2 is 2.00 bits per heavy atom. The molecule has 1 amide bonds. The Morgan fingerprint density at radius 3 is 2.76 bits per heavy atom. The zero-order chi connectivity index (χ0) is 12.1. The molecule has 0 aromatic carbocycles. The van der Waals surface area contributed by atoms with E-state index in [9.17, 15) is 4.79 Å². The summed E-state index contributed by atoms with van der Waals surface area (Å²) < 4.78 is 0. The maximum absolute atomic E-state index is 12.0. The van der Waals surface area contributed by atoms with Gasteiger partial charge in [0.15, 0.2) is 0 Å². The van der Waals surface area contributed by atoms with Crippen LogP contribution in [-0.4, -0.2) is 24.5 Å². The van der Waals surface area contributed by atoms with E-state index in [1.54, 1.807) is 0 Å². The Labute approximate surface area is 105 Å². The van der Waals surface area contributed by atoms with Crippen LogP contribution < -0.4 is 10.6 Å². The van der Waals surface area contributed by atoms with Crippen molar-refractivity contribution in [2.45, 2.75) is 70.4 Å². The van der Waals surface area contributed by atoms with Crippen molar-refractivity contribution >= 4 is 5.91 Å². The number of hydrogen-bond donors (Lipinski definition) is 2. The van der Waals surface area contributed by atoms with Crippen molar-refractivity contribution in [2.75, 3.05) is 6.54 Å². The molecular weight excluding hydrogens is 212 g/mol. The zero-order valence-electron chi connectivity index (χ0n) is 11.0. The molecule has 1 saturated carbocycles. The number of carbonyl (C=O) groups is 1. The van der Waals surface area contributed by atoms with Crippen LogP contribution >= 0.6 is 0 Å². The van der Waals surface area contributed by atoms with Gasteiger partial charge in [0.25, 0.3) is 0 Å². The summed E-state index contributed by atoms with van der Waals surface area (Å²) >= 11 is 0. The van der Waals surface area contributed by atoms with Crippen molar-refractivity contribution in [3.05, 3.63) is 0 Å². The van der Waals surface area contributed by atoms with Gasteiger partial charge in [0.2, 0.25) is 5.91 Å². The zero-order valence-corrected chi connectivity index (χ0v) is 11.0. The van der Waals surface area contributed by atoms with E-state index in [1.165, 1.54) is 38.5 Å². The quantitative estimate of drug-likeness (QED) is 0.740. The first-order valence-electron chi connectivity index (χ1n) is 7.28. The van der Waals surface area contributed by atoms with E-state index in [0.29, 0.717) is 24.4 Å². The highest BCUT2D eigenvalue weighted by atomic mass is 16.1. The lowest BCUT2D eigenvalue weighted by Crippen LogP contribution is -2.41. The summed E-state index contributed by atoms with van der Waals surface area (Å²) in [6, 6.07) is 0.850. The molecule has 3 atom stereocenters. The second-order valence-electron chi connectivity index (χ2n) is 5.79. The van der Waals surface area contributed by atoms with Gasteiger partial charge < -0.3 is 10.6 Å². The number of carbonyl (C=O) groups excluding carboxylic acids is 1. The van der Waals surface area contributed by atoms with Crippen LogP contribution in [0.3, 0.4) is 0 Å². The maximum atomic E-state index is 12.0. The fraction of sp³-hybridized carbons (Fsp3) is 0.929. The summed E-state index contributed by atoms with van der Waals surface area (Å²) in [5, 5.41) is 6.64.